The van der Waals surface area contributed by atoms with Crippen molar-refractivity contribution < 1.29 is 30.4 Å². The molecule has 0 aliphatic rings. The van der Waals surface area contributed by atoms with Crippen molar-refractivity contribution in [1.29, 1.82) is 0 Å². The van der Waals surface area contributed by atoms with Gasteiger partial charge < -0.3 is 26.1 Å². The zero-order valence-electron chi connectivity index (χ0n) is 11.5. The minimum absolute atomic E-state index is 0. The van der Waals surface area contributed by atoms with Crippen molar-refractivity contribution in [3.05, 3.63) is 0 Å². The Labute approximate surface area is 107 Å². The second-order valence-electron chi connectivity index (χ2n) is 4.85. The Bertz CT molecular complexity index is 261. The molecule has 0 aliphatic carbocycles. The number of carbonyl (C=O) groups is 2. The fourth-order valence-electron chi connectivity index (χ4n) is 1.12. The van der Waals surface area contributed by atoms with E-state index in [9.17, 15) is 9.59 Å². The molecule has 0 fully saturated rings. The smallest absolute Gasteiger partial charge is 0.408 e. The van der Waals surface area contributed by atoms with Crippen LogP contribution < -0.4 is 5.32 Å². The van der Waals surface area contributed by atoms with Gasteiger partial charge in [-0.3, -0.25) is 0 Å². The van der Waals surface area contributed by atoms with E-state index in [2.05, 4.69) is 5.32 Å². The fourth-order valence-corrected chi connectivity index (χ4v) is 1.12. The van der Waals surface area contributed by atoms with Crippen LogP contribution in [0.5, 0.6) is 0 Å². The first-order valence-corrected chi connectivity index (χ1v) is 5.39. The van der Waals surface area contributed by atoms with E-state index in [0.717, 1.165) is 0 Å². The topological polar surface area (TPSA) is 139 Å². The number of alkyl carbamates (subject to hydrolysis) is 1. The molecule has 0 aliphatic heterocycles. The molecule has 0 saturated heterocycles. The van der Waals surface area contributed by atoms with E-state index in [-0.39, 0.29) is 16.9 Å². The molecule has 110 valence electrons. The zero-order valence-corrected chi connectivity index (χ0v) is 11.5. The zero-order chi connectivity index (χ0) is 12.9. The summed E-state index contributed by atoms with van der Waals surface area (Å²) in [5.74, 6) is -1.18. The van der Waals surface area contributed by atoms with Crippen molar-refractivity contribution in [2.24, 2.45) is 5.92 Å². The maximum atomic E-state index is 11.4. The van der Waals surface area contributed by atoms with Gasteiger partial charge in [0.1, 0.15) is 11.6 Å². The molecule has 0 rings (SSSR count). The van der Waals surface area contributed by atoms with E-state index in [0.29, 0.717) is 6.42 Å². The maximum absolute atomic E-state index is 11.4. The molecule has 0 aromatic carbocycles. The normalized spacial score (nSPS) is 13.4. The van der Waals surface area contributed by atoms with Gasteiger partial charge in [-0.2, -0.15) is 0 Å². The summed E-state index contributed by atoms with van der Waals surface area (Å²) < 4.78 is 5.00. The van der Waals surface area contributed by atoms with Crippen molar-refractivity contribution in [2.75, 3.05) is 0 Å². The summed E-state index contributed by atoms with van der Waals surface area (Å²) in [6.07, 6.45) is -0.0209. The summed E-state index contributed by atoms with van der Waals surface area (Å²) in [5, 5.41) is 11.3. The first kappa shape index (κ1) is 21.9. The number of hydrogen-bond acceptors (Lipinski definition) is 3. The van der Waals surface area contributed by atoms with Crippen molar-refractivity contribution in [3.8, 4) is 0 Å². The van der Waals surface area contributed by atoms with Crippen molar-refractivity contribution in [3.63, 3.8) is 0 Å². The Kier molecular flexibility index (Phi) is 10.6. The number of rotatable bonds is 4. The van der Waals surface area contributed by atoms with Gasteiger partial charge >= 0.3 is 12.1 Å². The largest absolute Gasteiger partial charge is 0.480 e. The molecule has 1 unspecified atom stereocenters. The standard InChI is InChI=1S/C11H21NO4.2H2O/c1-6-7(2)8(9(13)14)12-10(15)16-11(3,4)5;;/h7-8H,6H2,1-5H3,(H,12,15)(H,13,14);2*1H2/t7?,8-;;/m0../s1. The van der Waals surface area contributed by atoms with Crippen LogP contribution in [0, 0.1) is 5.92 Å². The Morgan fingerprint density at radius 2 is 1.72 bits per heavy atom. The minimum atomic E-state index is -1.04. The molecule has 0 radical (unpaired) electrons. The molecule has 0 spiro atoms. The number of carboxylic acid groups (broad SMARTS) is 1. The lowest BCUT2D eigenvalue weighted by molar-refractivity contribution is -0.140. The SMILES string of the molecule is CCC(C)[C@H](NC(=O)OC(C)(C)C)C(=O)O.O.O. The molecular formula is C11H25NO6. The van der Waals surface area contributed by atoms with Gasteiger partial charge in [-0.25, -0.2) is 9.59 Å². The van der Waals surface area contributed by atoms with Crippen LogP contribution in [0.25, 0.3) is 0 Å². The van der Waals surface area contributed by atoms with E-state index in [1.807, 2.05) is 6.92 Å². The Morgan fingerprint density at radius 1 is 1.28 bits per heavy atom. The van der Waals surface area contributed by atoms with E-state index in [1.165, 1.54) is 0 Å². The molecule has 0 heterocycles. The quantitative estimate of drug-likeness (QED) is 0.759. The van der Waals surface area contributed by atoms with Gasteiger partial charge in [-0.1, -0.05) is 20.3 Å². The molecule has 0 aromatic heterocycles. The van der Waals surface area contributed by atoms with E-state index in [4.69, 9.17) is 9.84 Å². The fraction of sp³-hybridized carbons (Fsp3) is 0.818. The Balaban J connectivity index is -0.00000112. The van der Waals surface area contributed by atoms with Crippen LogP contribution in [0.15, 0.2) is 0 Å². The lowest BCUT2D eigenvalue weighted by Crippen LogP contribution is -2.46. The molecule has 18 heavy (non-hydrogen) atoms. The lowest BCUT2D eigenvalue weighted by atomic mass is 10.00. The average molecular weight is 267 g/mol. The maximum Gasteiger partial charge on any atom is 0.408 e. The summed E-state index contributed by atoms with van der Waals surface area (Å²) in [5.41, 5.74) is -0.622. The highest BCUT2D eigenvalue weighted by molar-refractivity contribution is 5.80. The third-order valence-electron chi connectivity index (χ3n) is 2.15. The van der Waals surface area contributed by atoms with Crippen LogP contribution in [0.3, 0.4) is 0 Å². The van der Waals surface area contributed by atoms with Crippen LogP contribution in [0.2, 0.25) is 0 Å². The van der Waals surface area contributed by atoms with Crippen molar-refractivity contribution in [1.82, 2.24) is 5.32 Å². The van der Waals surface area contributed by atoms with E-state index in [1.54, 1.807) is 27.7 Å². The van der Waals surface area contributed by atoms with Gasteiger partial charge in [0.15, 0.2) is 0 Å². The van der Waals surface area contributed by atoms with Gasteiger partial charge in [-0.05, 0) is 26.7 Å². The summed E-state index contributed by atoms with van der Waals surface area (Å²) in [6.45, 7) is 8.83. The molecule has 0 bridgehead atoms. The molecule has 2 atom stereocenters. The number of aliphatic carboxylic acids is 1. The predicted octanol–water partition coefficient (Wildman–Crippen LogP) is 0.361. The molecular weight excluding hydrogens is 242 g/mol. The second kappa shape index (κ2) is 8.71. The lowest BCUT2D eigenvalue weighted by Gasteiger charge is -2.24. The van der Waals surface area contributed by atoms with Gasteiger partial charge in [-0.15, -0.1) is 0 Å². The summed E-state index contributed by atoms with van der Waals surface area (Å²) >= 11 is 0. The highest BCUT2D eigenvalue weighted by Gasteiger charge is 2.27. The van der Waals surface area contributed by atoms with Gasteiger partial charge in [0.25, 0.3) is 0 Å². The molecule has 7 nitrogen and oxygen atoms in total. The monoisotopic (exact) mass is 267 g/mol. The van der Waals surface area contributed by atoms with E-state index >= 15 is 0 Å². The predicted molar refractivity (Wildman–Crippen MR) is 67.5 cm³/mol. The third-order valence-corrected chi connectivity index (χ3v) is 2.15. The highest BCUT2D eigenvalue weighted by Crippen LogP contribution is 2.11. The second-order valence-corrected chi connectivity index (χ2v) is 4.85. The summed E-state index contributed by atoms with van der Waals surface area (Å²) in [6, 6.07) is -0.903. The van der Waals surface area contributed by atoms with Crippen LogP contribution in [0.4, 0.5) is 4.79 Å². The van der Waals surface area contributed by atoms with E-state index < -0.39 is 23.7 Å². The molecule has 7 heteroatoms. The molecule has 1 amide bonds. The molecule has 0 aromatic rings. The third kappa shape index (κ3) is 8.77. The Hall–Kier alpha value is -1.34. The summed E-state index contributed by atoms with van der Waals surface area (Å²) in [7, 11) is 0. The van der Waals surface area contributed by atoms with Crippen LogP contribution in [-0.4, -0.2) is 39.8 Å². The number of carboxylic acids is 1. The average Bonchev–Trinajstić information content (AvgIpc) is 2.09. The first-order valence-electron chi connectivity index (χ1n) is 5.39. The highest BCUT2D eigenvalue weighted by atomic mass is 16.6. The minimum Gasteiger partial charge on any atom is -0.480 e. The van der Waals surface area contributed by atoms with Gasteiger partial charge in [0, 0.05) is 0 Å². The van der Waals surface area contributed by atoms with Crippen molar-refractivity contribution in [2.45, 2.75) is 52.7 Å². The number of ether oxygens (including phenoxy) is 1. The number of amides is 1. The van der Waals surface area contributed by atoms with Gasteiger partial charge in [0.05, 0.1) is 0 Å². The number of carbonyl (C=O) groups excluding carboxylic acids is 1. The van der Waals surface area contributed by atoms with Crippen LogP contribution in [0.1, 0.15) is 41.0 Å². The number of nitrogens with one attached hydrogen (secondary N) is 1. The van der Waals surface area contributed by atoms with Crippen LogP contribution in [-0.2, 0) is 9.53 Å². The first-order chi connectivity index (χ1) is 7.17. The number of hydrogen-bond donors (Lipinski definition) is 2. The molecule has 6 N–H and O–H groups in total. The Morgan fingerprint density at radius 3 is 2.00 bits per heavy atom. The summed E-state index contributed by atoms with van der Waals surface area (Å²) in [4.78, 5) is 22.3. The van der Waals surface area contributed by atoms with Crippen LogP contribution >= 0.6 is 0 Å². The molecule has 0 saturated carbocycles. The van der Waals surface area contributed by atoms with Crippen molar-refractivity contribution >= 4 is 12.1 Å². The van der Waals surface area contributed by atoms with Gasteiger partial charge in [0.2, 0.25) is 0 Å².